The Hall–Kier alpha value is -0.960. The lowest BCUT2D eigenvalue weighted by molar-refractivity contribution is 0.399. The Morgan fingerprint density at radius 3 is 2.26 bits per heavy atom. The van der Waals surface area contributed by atoms with Crippen molar-refractivity contribution in [3.8, 4) is 0 Å². The molecule has 1 heterocycles. The maximum absolute atomic E-state index is 4.75. The number of aryl methyl sites for hydroxylation is 2. The lowest BCUT2D eigenvalue weighted by Gasteiger charge is -2.25. The molecule has 1 N–H and O–H groups in total. The molecular formula is C16H25N3. The Kier molecular flexibility index (Phi) is 3.83. The SMILES string of the molecule is Cc1nc(C2CCC2)nc(C)c1CCCNC1CC1. The standard InChI is InChI=1S/C16H25N3/c1-11-15(7-4-10-17-14-8-9-14)12(2)19-16(18-11)13-5-3-6-13/h13-14,17H,3-10H2,1-2H3. The fraction of sp³-hybridized carbons (Fsp3) is 0.750. The van der Waals surface area contributed by atoms with Crippen LogP contribution in [-0.4, -0.2) is 22.6 Å². The Labute approximate surface area is 116 Å². The van der Waals surface area contributed by atoms with Crippen molar-refractivity contribution in [1.29, 1.82) is 0 Å². The van der Waals surface area contributed by atoms with E-state index in [1.54, 1.807) is 0 Å². The molecule has 0 atom stereocenters. The van der Waals surface area contributed by atoms with Crippen LogP contribution in [0.2, 0.25) is 0 Å². The van der Waals surface area contributed by atoms with Gasteiger partial charge >= 0.3 is 0 Å². The largest absolute Gasteiger partial charge is 0.314 e. The summed E-state index contributed by atoms with van der Waals surface area (Å²) >= 11 is 0. The summed E-state index contributed by atoms with van der Waals surface area (Å²) in [6.45, 7) is 5.44. The fourth-order valence-corrected chi connectivity index (χ4v) is 2.84. The molecule has 2 fully saturated rings. The van der Waals surface area contributed by atoms with Crippen molar-refractivity contribution < 1.29 is 0 Å². The molecular weight excluding hydrogens is 234 g/mol. The average molecular weight is 259 g/mol. The first-order chi connectivity index (χ1) is 9.24. The summed E-state index contributed by atoms with van der Waals surface area (Å²) in [6.07, 6.45) is 8.97. The van der Waals surface area contributed by atoms with Crippen LogP contribution in [0.25, 0.3) is 0 Å². The number of hydrogen-bond acceptors (Lipinski definition) is 3. The zero-order valence-corrected chi connectivity index (χ0v) is 12.2. The first-order valence-corrected chi connectivity index (χ1v) is 7.81. The van der Waals surface area contributed by atoms with Crippen LogP contribution in [0.1, 0.15) is 67.2 Å². The molecule has 0 unspecified atom stereocenters. The maximum atomic E-state index is 4.75. The molecule has 3 heteroatoms. The second-order valence-electron chi connectivity index (χ2n) is 6.19. The molecule has 3 rings (SSSR count). The molecule has 0 radical (unpaired) electrons. The van der Waals surface area contributed by atoms with Crippen molar-refractivity contribution in [2.75, 3.05) is 6.54 Å². The summed E-state index contributed by atoms with van der Waals surface area (Å²) in [5.74, 6) is 1.74. The molecule has 3 nitrogen and oxygen atoms in total. The first kappa shape index (κ1) is 13.0. The van der Waals surface area contributed by atoms with E-state index in [0.29, 0.717) is 5.92 Å². The molecule has 2 saturated carbocycles. The molecule has 1 aromatic rings. The van der Waals surface area contributed by atoms with Gasteiger partial charge in [-0.05, 0) is 64.5 Å². The zero-order chi connectivity index (χ0) is 13.2. The van der Waals surface area contributed by atoms with Crippen molar-refractivity contribution in [2.24, 2.45) is 0 Å². The van der Waals surface area contributed by atoms with E-state index in [-0.39, 0.29) is 0 Å². The summed E-state index contributed by atoms with van der Waals surface area (Å²) < 4.78 is 0. The number of rotatable bonds is 6. The monoisotopic (exact) mass is 259 g/mol. The minimum Gasteiger partial charge on any atom is -0.314 e. The van der Waals surface area contributed by atoms with Crippen LogP contribution < -0.4 is 5.32 Å². The fourth-order valence-electron chi connectivity index (χ4n) is 2.84. The second-order valence-corrected chi connectivity index (χ2v) is 6.19. The Morgan fingerprint density at radius 2 is 1.74 bits per heavy atom. The van der Waals surface area contributed by atoms with Crippen LogP contribution >= 0.6 is 0 Å². The van der Waals surface area contributed by atoms with Crippen LogP contribution in [0.15, 0.2) is 0 Å². The summed E-state index contributed by atoms with van der Waals surface area (Å²) in [4.78, 5) is 9.50. The summed E-state index contributed by atoms with van der Waals surface area (Å²) in [5.41, 5.74) is 3.79. The van der Waals surface area contributed by atoms with Crippen LogP contribution in [0.3, 0.4) is 0 Å². The van der Waals surface area contributed by atoms with Gasteiger partial charge in [0.15, 0.2) is 0 Å². The highest BCUT2D eigenvalue weighted by atomic mass is 14.9. The van der Waals surface area contributed by atoms with Crippen molar-refractivity contribution >= 4 is 0 Å². The van der Waals surface area contributed by atoms with Gasteiger partial charge in [-0.15, -0.1) is 0 Å². The van der Waals surface area contributed by atoms with Gasteiger partial charge in [-0.3, -0.25) is 0 Å². The van der Waals surface area contributed by atoms with Crippen LogP contribution in [0.5, 0.6) is 0 Å². The van der Waals surface area contributed by atoms with E-state index in [1.807, 2.05) is 0 Å². The molecule has 0 bridgehead atoms. The number of nitrogens with zero attached hydrogens (tertiary/aromatic N) is 2. The average Bonchev–Trinajstić information content (AvgIpc) is 3.08. The normalized spacial score (nSPS) is 19.5. The number of aromatic nitrogens is 2. The highest BCUT2D eigenvalue weighted by Crippen LogP contribution is 2.34. The van der Waals surface area contributed by atoms with E-state index in [1.165, 1.54) is 55.5 Å². The molecule has 19 heavy (non-hydrogen) atoms. The van der Waals surface area contributed by atoms with Gasteiger partial charge in [0.25, 0.3) is 0 Å². The number of nitrogens with one attached hydrogen (secondary N) is 1. The minimum absolute atomic E-state index is 0.642. The van der Waals surface area contributed by atoms with E-state index in [4.69, 9.17) is 9.97 Å². The molecule has 2 aliphatic carbocycles. The van der Waals surface area contributed by atoms with E-state index >= 15 is 0 Å². The molecule has 104 valence electrons. The van der Waals surface area contributed by atoms with Gasteiger partial charge < -0.3 is 5.32 Å². The molecule has 0 aliphatic heterocycles. The summed E-state index contributed by atoms with van der Waals surface area (Å²) in [6, 6.07) is 0.819. The van der Waals surface area contributed by atoms with Gasteiger partial charge in [-0.25, -0.2) is 9.97 Å². The van der Waals surface area contributed by atoms with E-state index in [9.17, 15) is 0 Å². The van der Waals surface area contributed by atoms with Gasteiger partial charge in [0.2, 0.25) is 0 Å². The molecule has 2 aliphatic rings. The van der Waals surface area contributed by atoms with Crippen molar-refractivity contribution in [1.82, 2.24) is 15.3 Å². The third-order valence-electron chi connectivity index (χ3n) is 4.52. The van der Waals surface area contributed by atoms with Crippen LogP contribution in [-0.2, 0) is 6.42 Å². The van der Waals surface area contributed by atoms with Gasteiger partial charge in [0.05, 0.1) is 0 Å². The smallest absolute Gasteiger partial charge is 0.131 e. The van der Waals surface area contributed by atoms with Crippen molar-refractivity contribution in [3.05, 3.63) is 22.8 Å². The quantitative estimate of drug-likeness (QED) is 0.798. The topological polar surface area (TPSA) is 37.8 Å². The third-order valence-corrected chi connectivity index (χ3v) is 4.52. The molecule has 0 saturated heterocycles. The highest BCUT2D eigenvalue weighted by Gasteiger charge is 2.23. The third kappa shape index (κ3) is 3.14. The van der Waals surface area contributed by atoms with Gasteiger partial charge in [0.1, 0.15) is 5.82 Å². The van der Waals surface area contributed by atoms with Gasteiger partial charge in [-0.1, -0.05) is 6.42 Å². The summed E-state index contributed by atoms with van der Waals surface area (Å²) in [7, 11) is 0. The Balaban J connectivity index is 1.59. The second kappa shape index (κ2) is 5.58. The molecule has 0 aromatic carbocycles. The Bertz CT molecular complexity index is 424. The van der Waals surface area contributed by atoms with Gasteiger partial charge in [0, 0.05) is 23.3 Å². The minimum atomic E-state index is 0.642. The van der Waals surface area contributed by atoms with Crippen molar-refractivity contribution in [2.45, 2.75) is 70.8 Å². The zero-order valence-electron chi connectivity index (χ0n) is 12.2. The van der Waals surface area contributed by atoms with Crippen LogP contribution in [0.4, 0.5) is 0 Å². The molecule has 0 amide bonds. The van der Waals surface area contributed by atoms with Gasteiger partial charge in [-0.2, -0.15) is 0 Å². The predicted molar refractivity (Wildman–Crippen MR) is 77.4 cm³/mol. The predicted octanol–water partition coefficient (Wildman–Crippen LogP) is 3.05. The van der Waals surface area contributed by atoms with E-state index in [0.717, 1.165) is 24.8 Å². The van der Waals surface area contributed by atoms with E-state index in [2.05, 4.69) is 19.2 Å². The van der Waals surface area contributed by atoms with Crippen LogP contribution in [0, 0.1) is 13.8 Å². The lowest BCUT2D eigenvalue weighted by atomic mass is 9.84. The maximum Gasteiger partial charge on any atom is 0.131 e. The first-order valence-electron chi connectivity index (χ1n) is 7.81. The highest BCUT2D eigenvalue weighted by molar-refractivity contribution is 5.25. The lowest BCUT2D eigenvalue weighted by Crippen LogP contribution is -2.19. The van der Waals surface area contributed by atoms with Crippen molar-refractivity contribution in [3.63, 3.8) is 0 Å². The summed E-state index contributed by atoms with van der Waals surface area (Å²) in [5, 5.41) is 3.57. The number of hydrogen-bond donors (Lipinski definition) is 1. The molecule has 1 aromatic heterocycles. The molecule has 0 spiro atoms. The van der Waals surface area contributed by atoms with E-state index < -0.39 is 0 Å². The Morgan fingerprint density at radius 1 is 1.05 bits per heavy atom.